The van der Waals surface area contributed by atoms with E-state index in [2.05, 4.69) is 0 Å². The van der Waals surface area contributed by atoms with Gasteiger partial charge in [0, 0.05) is 0 Å². The normalized spacial score (nSPS) is 8.47. The van der Waals surface area contributed by atoms with Gasteiger partial charge in [-0.3, -0.25) is 9.11 Å². The number of carboxylic acid groups (broad SMARTS) is 1. The van der Waals surface area contributed by atoms with Gasteiger partial charge in [-0.1, -0.05) is 12.1 Å². The van der Waals surface area contributed by atoms with Gasteiger partial charge in [-0.2, -0.15) is 4.21 Å². The van der Waals surface area contributed by atoms with Crippen LogP contribution in [0, 0.1) is 0 Å². The summed E-state index contributed by atoms with van der Waals surface area (Å²) in [5.74, 6) is -1.31. The molecule has 1 aromatic carbocycles. The molecule has 0 unspecified atom stereocenters. The minimum atomic E-state index is -2.61. The molecule has 0 aliphatic carbocycles. The van der Waals surface area contributed by atoms with E-state index in [9.17, 15) is 4.79 Å². The summed E-state index contributed by atoms with van der Waals surface area (Å²) in [5, 5.41) is 17.3. The molecule has 0 heterocycles. The standard InChI is InChI=1S/C7H6O3.K.H2O3S.H/c8-6-4-2-1-3-5(6)7(9)10;;1-4(2)3;/h1-4,8H,(H,9,10);;(H2,1,2,3);. The first-order chi connectivity index (χ1) is 6.45. The molecule has 0 aliphatic rings. The fourth-order valence-corrected chi connectivity index (χ4v) is 0.654. The third kappa shape index (κ3) is 9.14. The van der Waals surface area contributed by atoms with E-state index < -0.39 is 17.3 Å². The van der Waals surface area contributed by atoms with E-state index >= 15 is 0 Å². The number of aromatic carboxylic acids is 1. The Labute approximate surface area is 131 Å². The van der Waals surface area contributed by atoms with Crippen LogP contribution in [0.4, 0.5) is 0 Å². The average molecular weight is 260 g/mol. The fourth-order valence-electron chi connectivity index (χ4n) is 0.654. The summed E-state index contributed by atoms with van der Waals surface area (Å²) < 4.78 is 22.8. The van der Waals surface area contributed by atoms with Crippen LogP contribution in [0.3, 0.4) is 0 Å². The van der Waals surface area contributed by atoms with Gasteiger partial charge < -0.3 is 10.2 Å². The molecule has 0 saturated heterocycles. The van der Waals surface area contributed by atoms with Crippen molar-refractivity contribution in [1.82, 2.24) is 0 Å². The molecule has 15 heavy (non-hydrogen) atoms. The number of para-hydroxylation sites is 1. The van der Waals surface area contributed by atoms with E-state index in [0.717, 1.165) is 0 Å². The van der Waals surface area contributed by atoms with Gasteiger partial charge in [0.2, 0.25) is 0 Å². The van der Waals surface area contributed by atoms with Gasteiger partial charge in [-0.15, -0.1) is 0 Å². The summed E-state index contributed by atoms with van der Waals surface area (Å²) in [6.45, 7) is 0. The maximum atomic E-state index is 10.3. The van der Waals surface area contributed by atoms with E-state index in [4.69, 9.17) is 23.5 Å². The van der Waals surface area contributed by atoms with Crippen molar-refractivity contribution < 1.29 is 28.3 Å². The molecule has 80 valence electrons. The van der Waals surface area contributed by atoms with Crippen LogP contribution < -0.4 is 0 Å². The van der Waals surface area contributed by atoms with Gasteiger partial charge in [0.05, 0.1) is 0 Å². The minimum absolute atomic E-state index is 0. The second-order valence-electron chi connectivity index (χ2n) is 2.05. The van der Waals surface area contributed by atoms with Crippen LogP contribution in [-0.4, -0.2) is 80.9 Å². The summed E-state index contributed by atoms with van der Waals surface area (Å²) in [5.41, 5.74) is -0.0671. The van der Waals surface area contributed by atoms with Crippen molar-refractivity contribution in [2.24, 2.45) is 0 Å². The van der Waals surface area contributed by atoms with Gasteiger partial charge in [0.25, 0.3) is 11.4 Å². The Bertz CT molecular complexity index is 338. The number of rotatable bonds is 1. The van der Waals surface area contributed by atoms with Gasteiger partial charge >= 0.3 is 57.4 Å². The van der Waals surface area contributed by atoms with E-state index in [0.29, 0.717) is 0 Å². The molecule has 0 radical (unpaired) electrons. The number of hydrogen-bond acceptors (Lipinski definition) is 3. The van der Waals surface area contributed by atoms with Crippen molar-refractivity contribution in [3.05, 3.63) is 29.8 Å². The first-order valence-electron chi connectivity index (χ1n) is 3.26. The number of benzene rings is 1. The molecule has 6 nitrogen and oxygen atoms in total. The van der Waals surface area contributed by atoms with Gasteiger partial charge in [-0.25, -0.2) is 4.79 Å². The van der Waals surface area contributed by atoms with Crippen molar-refractivity contribution >= 4 is 68.7 Å². The zero-order chi connectivity index (χ0) is 11.1. The van der Waals surface area contributed by atoms with Gasteiger partial charge in [0.15, 0.2) is 0 Å². The number of hydrogen-bond donors (Lipinski definition) is 4. The van der Waals surface area contributed by atoms with E-state index in [-0.39, 0.29) is 62.7 Å². The maximum absolute atomic E-state index is 10.3. The van der Waals surface area contributed by atoms with Crippen molar-refractivity contribution in [2.75, 3.05) is 0 Å². The Morgan fingerprint density at radius 1 is 1.20 bits per heavy atom. The topological polar surface area (TPSA) is 115 Å². The zero-order valence-electron chi connectivity index (χ0n) is 6.82. The number of aromatic hydroxyl groups is 1. The monoisotopic (exact) mass is 260 g/mol. The fraction of sp³-hybridized carbons (Fsp3) is 0. The molecule has 0 aliphatic heterocycles. The summed E-state index contributed by atoms with van der Waals surface area (Å²) in [4.78, 5) is 10.3. The molecular formula is C7H9KO6S. The van der Waals surface area contributed by atoms with Gasteiger partial charge in [0.1, 0.15) is 11.3 Å². The molecule has 0 fully saturated rings. The zero-order valence-corrected chi connectivity index (χ0v) is 7.64. The SMILES string of the molecule is O=C(O)c1ccccc1O.O=S(O)O.[KH]. The molecule has 0 saturated carbocycles. The first kappa shape index (κ1) is 17.6. The molecule has 0 aromatic heterocycles. The summed E-state index contributed by atoms with van der Waals surface area (Å²) in [6, 6.07) is 5.81. The van der Waals surface area contributed by atoms with E-state index in [1.807, 2.05) is 0 Å². The summed E-state index contributed by atoms with van der Waals surface area (Å²) in [6.07, 6.45) is 0. The third-order valence-electron chi connectivity index (χ3n) is 1.13. The van der Waals surface area contributed by atoms with E-state index in [1.165, 1.54) is 12.1 Å². The second-order valence-corrected chi connectivity index (χ2v) is 2.51. The molecule has 0 bridgehead atoms. The van der Waals surface area contributed by atoms with Crippen molar-refractivity contribution in [1.29, 1.82) is 0 Å². The summed E-state index contributed by atoms with van der Waals surface area (Å²) >= 11 is -2.61. The van der Waals surface area contributed by atoms with Crippen LogP contribution in [0.5, 0.6) is 5.75 Å². The molecule has 4 N–H and O–H groups in total. The Balaban J connectivity index is 0. The van der Waals surface area contributed by atoms with Crippen molar-refractivity contribution in [2.45, 2.75) is 0 Å². The molecule has 0 atom stereocenters. The Hall–Kier alpha value is 0.196. The quantitative estimate of drug-likeness (QED) is 0.421. The Morgan fingerprint density at radius 2 is 1.60 bits per heavy atom. The van der Waals surface area contributed by atoms with Crippen molar-refractivity contribution in [3.8, 4) is 5.75 Å². The van der Waals surface area contributed by atoms with E-state index in [1.54, 1.807) is 12.1 Å². The summed E-state index contributed by atoms with van der Waals surface area (Å²) in [7, 11) is 0. The number of carboxylic acids is 1. The molecular weight excluding hydrogens is 251 g/mol. The molecule has 8 heteroatoms. The van der Waals surface area contributed by atoms with Gasteiger partial charge in [-0.05, 0) is 12.1 Å². The Morgan fingerprint density at radius 3 is 1.87 bits per heavy atom. The van der Waals surface area contributed by atoms with Crippen LogP contribution >= 0.6 is 0 Å². The number of carbonyl (C=O) groups is 1. The predicted molar refractivity (Wildman–Crippen MR) is 55.6 cm³/mol. The third-order valence-corrected chi connectivity index (χ3v) is 1.13. The molecule has 0 amide bonds. The van der Waals surface area contributed by atoms with Crippen LogP contribution in [0.1, 0.15) is 10.4 Å². The second kappa shape index (κ2) is 9.42. The van der Waals surface area contributed by atoms with Crippen LogP contribution in [0.25, 0.3) is 0 Å². The first-order valence-corrected chi connectivity index (χ1v) is 4.32. The van der Waals surface area contributed by atoms with Crippen LogP contribution in [0.15, 0.2) is 24.3 Å². The van der Waals surface area contributed by atoms with Crippen LogP contribution in [0.2, 0.25) is 0 Å². The van der Waals surface area contributed by atoms with Crippen LogP contribution in [-0.2, 0) is 11.4 Å². The predicted octanol–water partition coefficient (Wildman–Crippen LogP) is 0.123. The molecule has 1 rings (SSSR count). The Kier molecular flexibility index (Phi) is 11.0. The van der Waals surface area contributed by atoms with Crippen molar-refractivity contribution in [3.63, 3.8) is 0 Å². The molecule has 1 aromatic rings. The molecule has 0 spiro atoms. The average Bonchev–Trinajstić information content (AvgIpc) is 2.03. The number of phenols is 1.